The van der Waals surface area contributed by atoms with Gasteiger partial charge in [-0.15, -0.1) is 0 Å². The highest BCUT2D eigenvalue weighted by molar-refractivity contribution is 6.06. The third-order valence-corrected chi connectivity index (χ3v) is 5.46. The number of carbonyl (C=O) groups excluding carboxylic acids is 1. The molecule has 3 rings (SSSR count). The quantitative estimate of drug-likeness (QED) is 0.823. The zero-order chi connectivity index (χ0) is 20.1. The van der Waals surface area contributed by atoms with E-state index in [-0.39, 0.29) is 35.4 Å². The molecule has 3 atom stereocenters. The van der Waals surface area contributed by atoms with E-state index in [9.17, 15) is 19.8 Å². The van der Waals surface area contributed by atoms with Crippen LogP contribution in [0.15, 0.2) is 6.08 Å². The Morgan fingerprint density at radius 3 is 2.56 bits per heavy atom. The second-order valence-corrected chi connectivity index (χ2v) is 7.93. The van der Waals surface area contributed by atoms with Crippen LogP contribution in [0.3, 0.4) is 0 Å². The number of carbonyl (C=O) groups is 2. The second-order valence-electron chi connectivity index (χ2n) is 7.93. The lowest BCUT2D eigenvalue weighted by atomic mass is 9.81. The minimum atomic E-state index is -0.938. The van der Waals surface area contributed by atoms with Crippen molar-refractivity contribution in [3.05, 3.63) is 22.8 Å². The summed E-state index contributed by atoms with van der Waals surface area (Å²) in [6.07, 6.45) is 3.58. The molecule has 0 unspecified atom stereocenters. The number of carboxylic acids is 1. The number of Topliss-reactive ketones (excluding diaryl/α,β-unsaturated/α-hetero) is 1. The first-order chi connectivity index (χ1) is 12.6. The summed E-state index contributed by atoms with van der Waals surface area (Å²) in [5.74, 6) is -1.44. The van der Waals surface area contributed by atoms with Gasteiger partial charge in [-0.2, -0.15) is 0 Å². The molecule has 2 aliphatic rings. The maximum atomic E-state index is 12.9. The molecular formula is C21H26O6. The molecule has 1 aromatic rings. The van der Waals surface area contributed by atoms with Gasteiger partial charge in [0.25, 0.3) is 0 Å². The fraction of sp³-hybridized carbons (Fsp3) is 0.524. The zero-order valence-corrected chi connectivity index (χ0v) is 16.3. The molecular weight excluding hydrogens is 348 g/mol. The van der Waals surface area contributed by atoms with Gasteiger partial charge in [0, 0.05) is 11.5 Å². The average molecular weight is 374 g/mol. The number of phenolic OH excluding ortho intramolecular Hbond substituents is 1. The van der Waals surface area contributed by atoms with Crippen molar-refractivity contribution in [1.29, 1.82) is 0 Å². The number of hydrogen-bond acceptors (Lipinski definition) is 5. The highest BCUT2D eigenvalue weighted by Crippen LogP contribution is 2.53. The molecule has 146 valence electrons. The molecule has 2 heterocycles. The second kappa shape index (κ2) is 6.59. The lowest BCUT2D eigenvalue weighted by Crippen LogP contribution is -2.36. The first kappa shape index (κ1) is 19.3. The highest BCUT2D eigenvalue weighted by atomic mass is 16.5. The number of carboxylic acid groups (broad SMARTS) is 1. The summed E-state index contributed by atoms with van der Waals surface area (Å²) in [6, 6.07) is 0. The predicted octanol–water partition coefficient (Wildman–Crippen LogP) is 4.14. The molecule has 0 spiro atoms. The molecule has 0 radical (unpaired) electrons. The van der Waals surface area contributed by atoms with E-state index >= 15 is 0 Å². The lowest BCUT2D eigenvalue weighted by Gasteiger charge is -2.36. The summed E-state index contributed by atoms with van der Waals surface area (Å²) in [6.45, 7) is 9.20. The lowest BCUT2D eigenvalue weighted by molar-refractivity contribution is -0.137. The number of hydrogen-bond donors (Lipinski definition) is 2. The summed E-state index contributed by atoms with van der Waals surface area (Å²) in [4.78, 5) is 24.4. The first-order valence-electron chi connectivity index (χ1n) is 9.31. The van der Waals surface area contributed by atoms with Crippen molar-refractivity contribution < 1.29 is 29.3 Å². The van der Waals surface area contributed by atoms with E-state index < -0.39 is 23.4 Å². The van der Waals surface area contributed by atoms with Gasteiger partial charge in [-0.3, -0.25) is 9.59 Å². The van der Waals surface area contributed by atoms with E-state index in [1.165, 1.54) is 0 Å². The van der Waals surface area contributed by atoms with Gasteiger partial charge < -0.3 is 19.7 Å². The number of rotatable bonds is 4. The number of phenols is 1. The van der Waals surface area contributed by atoms with E-state index in [0.717, 1.165) is 0 Å². The third kappa shape index (κ3) is 3.17. The van der Waals surface area contributed by atoms with Crippen molar-refractivity contribution in [2.24, 2.45) is 5.92 Å². The summed E-state index contributed by atoms with van der Waals surface area (Å²) in [7, 11) is 0. The van der Waals surface area contributed by atoms with Crippen LogP contribution in [0.5, 0.6) is 17.2 Å². The van der Waals surface area contributed by atoms with Crippen LogP contribution < -0.4 is 9.47 Å². The topological polar surface area (TPSA) is 93.1 Å². The molecule has 6 nitrogen and oxygen atoms in total. The largest absolute Gasteiger partial charge is 0.506 e. The predicted molar refractivity (Wildman–Crippen MR) is 101 cm³/mol. The Morgan fingerprint density at radius 1 is 1.30 bits per heavy atom. The molecule has 0 bridgehead atoms. The Morgan fingerprint density at radius 2 is 1.96 bits per heavy atom. The van der Waals surface area contributed by atoms with E-state index in [4.69, 9.17) is 9.47 Å². The van der Waals surface area contributed by atoms with Gasteiger partial charge in [-0.25, -0.2) is 0 Å². The number of ketones is 1. The number of benzene rings is 1. The fourth-order valence-electron chi connectivity index (χ4n) is 3.69. The summed E-state index contributed by atoms with van der Waals surface area (Å²) >= 11 is 0. The average Bonchev–Trinajstić information content (AvgIpc) is 2.57. The number of aromatic hydroxyl groups is 1. The Hall–Kier alpha value is -2.50. The van der Waals surface area contributed by atoms with Crippen LogP contribution in [0.2, 0.25) is 0 Å². The van der Waals surface area contributed by atoms with E-state index in [0.29, 0.717) is 23.3 Å². The normalized spacial score (nSPS) is 23.7. The number of fused-ring (bicyclic) bond motifs is 2. The fourth-order valence-corrected chi connectivity index (χ4v) is 3.69. The van der Waals surface area contributed by atoms with Crippen molar-refractivity contribution in [2.45, 2.75) is 65.1 Å². The highest BCUT2D eigenvalue weighted by Gasteiger charge is 2.41. The van der Waals surface area contributed by atoms with Crippen LogP contribution in [-0.2, 0) is 4.79 Å². The van der Waals surface area contributed by atoms with Crippen LogP contribution >= 0.6 is 0 Å². The van der Waals surface area contributed by atoms with Gasteiger partial charge in [-0.05, 0) is 39.3 Å². The van der Waals surface area contributed by atoms with Gasteiger partial charge in [0.2, 0.25) is 0 Å². The van der Waals surface area contributed by atoms with Crippen LogP contribution in [0.1, 0.15) is 74.9 Å². The van der Waals surface area contributed by atoms with E-state index in [1.54, 1.807) is 19.9 Å². The van der Waals surface area contributed by atoms with Crippen molar-refractivity contribution >= 4 is 17.8 Å². The molecule has 0 fully saturated rings. The minimum absolute atomic E-state index is 0.116. The van der Waals surface area contributed by atoms with Crippen molar-refractivity contribution in [2.75, 3.05) is 0 Å². The van der Waals surface area contributed by atoms with Gasteiger partial charge in [0.05, 0.1) is 17.9 Å². The summed E-state index contributed by atoms with van der Waals surface area (Å²) in [5, 5.41) is 20.2. The molecule has 1 aromatic carbocycles. The third-order valence-electron chi connectivity index (χ3n) is 5.46. The molecule has 2 N–H and O–H groups in total. The smallest absolute Gasteiger partial charge is 0.303 e. The van der Waals surface area contributed by atoms with Crippen LogP contribution in [0.4, 0.5) is 0 Å². The molecule has 0 amide bonds. The molecule has 0 aliphatic carbocycles. The van der Waals surface area contributed by atoms with Gasteiger partial charge >= 0.3 is 5.97 Å². The molecule has 2 aliphatic heterocycles. The van der Waals surface area contributed by atoms with Gasteiger partial charge in [-0.1, -0.05) is 13.8 Å². The van der Waals surface area contributed by atoms with Crippen LogP contribution in [-0.4, -0.2) is 33.7 Å². The maximum absolute atomic E-state index is 12.9. The monoisotopic (exact) mass is 374 g/mol. The Labute approximate surface area is 158 Å². The standard InChI is InChI=1S/C21H26O6/c1-6-12(9-14(22)23)15-19-13(7-8-21(4,5)27-19)18(25)16-17(24)10(2)11(3)26-20(15)16/h7-8,10-12,25H,6,9H2,1-5H3,(H,22,23)/t10-,11+,12+/m0/s1. The van der Waals surface area contributed by atoms with Crippen molar-refractivity contribution in [3.63, 3.8) is 0 Å². The summed E-state index contributed by atoms with van der Waals surface area (Å²) < 4.78 is 12.2. The van der Waals surface area contributed by atoms with Crippen LogP contribution in [0, 0.1) is 5.92 Å². The Kier molecular flexibility index (Phi) is 4.70. The van der Waals surface area contributed by atoms with Gasteiger partial charge in [0.1, 0.15) is 34.5 Å². The van der Waals surface area contributed by atoms with E-state index in [2.05, 4.69) is 0 Å². The zero-order valence-electron chi connectivity index (χ0n) is 16.3. The van der Waals surface area contributed by atoms with Crippen LogP contribution in [0.25, 0.3) is 6.08 Å². The number of ether oxygens (including phenoxy) is 2. The first-order valence-corrected chi connectivity index (χ1v) is 9.31. The van der Waals surface area contributed by atoms with Crippen molar-refractivity contribution in [1.82, 2.24) is 0 Å². The maximum Gasteiger partial charge on any atom is 0.303 e. The Bertz CT molecular complexity index is 836. The van der Waals surface area contributed by atoms with Gasteiger partial charge in [0.15, 0.2) is 5.78 Å². The SMILES string of the molecule is CC[C@H](CC(=O)O)c1c2c(c(O)c3c1O[C@H](C)[C@H](C)C3=O)C=CC(C)(C)O2. The molecule has 0 saturated carbocycles. The van der Waals surface area contributed by atoms with E-state index in [1.807, 2.05) is 26.8 Å². The molecule has 27 heavy (non-hydrogen) atoms. The summed E-state index contributed by atoms with van der Waals surface area (Å²) in [5.41, 5.74) is 0.477. The molecule has 0 saturated heterocycles. The molecule has 6 heteroatoms. The molecule has 0 aromatic heterocycles. The van der Waals surface area contributed by atoms with Crippen molar-refractivity contribution in [3.8, 4) is 17.2 Å². The number of aliphatic carboxylic acids is 1. The Balaban J connectivity index is 2.35. The minimum Gasteiger partial charge on any atom is -0.506 e.